The minimum absolute atomic E-state index is 0.0358. The lowest BCUT2D eigenvalue weighted by Crippen LogP contribution is -2.13. The summed E-state index contributed by atoms with van der Waals surface area (Å²) in [6, 6.07) is 7.46. The summed E-state index contributed by atoms with van der Waals surface area (Å²) >= 11 is 5.76. The van der Waals surface area contributed by atoms with Crippen LogP contribution < -0.4 is 5.43 Å². The molecule has 0 aliphatic carbocycles. The van der Waals surface area contributed by atoms with Crippen LogP contribution in [0.4, 0.5) is 0 Å². The molecular formula is C13H12ClNO. The lowest BCUT2D eigenvalue weighted by Gasteiger charge is -2.06. The van der Waals surface area contributed by atoms with Gasteiger partial charge < -0.3 is 4.98 Å². The fourth-order valence-corrected chi connectivity index (χ4v) is 1.94. The van der Waals surface area contributed by atoms with Crippen LogP contribution >= 0.6 is 11.6 Å². The van der Waals surface area contributed by atoms with Gasteiger partial charge in [0, 0.05) is 33.6 Å². The number of aryl methyl sites for hydroxylation is 1. The molecule has 3 heteroatoms. The first-order valence-corrected chi connectivity index (χ1v) is 5.41. The van der Waals surface area contributed by atoms with Crippen LogP contribution in [0, 0.1) is 6.92 Å². The lowest BCUT2D eigenvalue weighted by molar-refractivity contribution is 1.11. The Balaban J connectivity index is 2.76. The van der Waals surface area contributed by atoms with Gasteiger partial charge in [-0.05, 0) is 19.1 Å². The number of halogens is 1. The first kappa shape index (κ1) is 11.0. The number of nitrogens with one attached hydrogen (secondary N) is 1. The van der Waals surface area contributed by atoms with E-state index in [1.807, 2.05) is 31.2 Å². The van der Waals surface area contributed by atoms with Crippen LogP contribution in [0.3, 0.4) is 0 Å². The molecule has 2 nitrogen and oxygen atoms in total. The van der Waals surface area contributed by atoms with Crippen LogP contribution in [0.25, 0.3) is 10.9 Å². The molecule has 0 atom stereocenters. The molecule has 82 valence electrons. The quantitative estimate of drug-likeness (QED) is 0.849. The van der Waals surface area contributed by atoms with Gasteiger partial charge in [-0.3, -0.25) is 4.79 Å². The van der Waals surface area contributed by atoms with E-state index in [2.05, 4.69) is 11.6 Å². The number of rotatable bonds is 2. The van der Waals surface area contributed by atoms with Gasteiger partial charge in [0.15, 0.2) is 5.43 Å². The van der Waals surface area contributed by atoms with Crippen molar-refractivity contribution in [1.82, 2.24) is 4.98 Å². The molecule has 1 aromatic carbocycles. The van der Waals surface area contributed by atoms with E-state index in [1.165, 1.54) is 0 Å². The van der Waals surface area contributed by atoms with Crippen LogP contribution in [0.5, 0.6) is 0 Å². The second-order valence-electron chi connectivity index (χ2n) is 3.80. The van der Waals surface area contributed by atoms with Crippen molar-refractivity contribution < 1.29 is 0 Å². The largest absolute Gasteiger partial charge is 0.358 e. The summed E-state index contributed by atoms with van der Waals surface area (Å²) in [5.41, 5.74) is 2.44. The van der Waals surface area contributed by atoms with E-state index in [-0.39, 0.29) is 5.43 Å². The predicted octanol–water partition coefficient (Wildman–Crippen LogP) is 3.13. The summed E-state index contributed by atoms with van der Waals surface area (Å²) in [5, 5.41) is 1.17. The molecule has 1 aromatic heterocycles. The van der Waals surface area contributed by atoms with E-state index >= 15 is 0 Å². The molecule has 0 radical (unpaired) electrons. The molecule has 0 aliphatic heterocycles. The first-order chi connectivity index (χ1) is 7.59. The summed E-state index contributed by atoms with van der Waals surface area (Å²) in [7, 11) is 0. The Morgan fingerprint density at radius 3 is 2.81 bits per heavy atom. The van der Waals surface area contributed by atoms with E-state index in [4.69, 9.17) is 11.6 Å². The van der Waals surface area contributed by atoms with Crippen molar-refractivity contribution in [3.8, 4) is 0 Å². The van der Waals surface area contributed by atoms with Crippen LogP contribution in [0.2, 0.25) is 0 Å². The standard InChI is InChI=1S/C13H12ClNO/c1-8(14)7-11-9(2)15-12-6-4-3-5-10(12)13(11)16/h3-6H,1,7H2,2H3,(H,15,16). The third-order valence-electron chi connectivity index (χ3n) is 2.59. The highest BCUT2D eigenvalue weighted by atomic mass is 35.5. The second-order valence-corrected chi connectivity index (χ2v) is 4.33. The molecule has 0 bridgehead atoms. The van der Waals surface area contributed by atoms with E-state index in [9.17, 15) is 4.79 Å². The highest BCUT2D eigenvalue weighted by Gasteiger charge is 2.09. The van der Waals surface area contributed by atoms with Crippen molar-refractivity contribution in [2.24, 2.45) is 0 Å². The highest BCUT2D eigenvalue weighted by molar-refractivity contribution is 6.29. The van der Waals surface area contributed by atoms with Crippen molar-refractivity contribution in [3.63, 3.8) is 0 Å². The average molecular weight is 234 g/mol. The molecule has 0 saturated carbocycles. The zero-order valence-corrected chi connectivity index (χ0v) is 9.77. The third kappa shape index (κ3) is 1.89. The molecule has 1 N–H and O–H groups in total. The van der Waals surface area contributed by atoms with E-state index < -0.39 is 0 Å². The van der Waals surface area contributed by atoms with E-state index in [0.717, 1.165) is 11.2 Å². The van der Waals surface area contributed by atoms with Gasteiger partial charge in [0.1, 0.15) is 0 Å². The number of hydrogen-bond donors (Lipinski definition) is 1. The van der Waals surface area contributed by atoms with Crippen molar-refractivity contribution in [2.45, 2.75) is 13.3 Å². The highest BCUT2D eigenvalue weighted by Crippen LogP contribution is 2.14. The molecule has 0 saturated heterocycles. The van der Waals surface area contributed by atoms with Gasteiger partial charge >= 0.3 is 0 Å². The third-order valence-corrected chi connectivity index (χ3v) is 2.72. The molecule has 0 fully saturated rings. The van der Waals surface area contributed by atoms with Crippen molar-refractivity contribution in [1.29, 1.82) is 0 Å². The maximum atomic E-state index is 12.2. The topological polar surface area (TPSA) is 32.9 Å². The number of para-hydroxylation sites is 1. The summed E-state index contributed by atoms with van der Waals surface area (Å²) in [4.78, 5) is 15.4. The Bertz CT molecular complexity index is 613. The lowest BCUT2D eigenvalue weighted by atomic mass is 10.1. The first-order valence-electron chi connectivity index (χ1n) is 5.03. The smallest absolute Gasteiger partial charge is 0.193 e. The number of fused-ring (bicyclic) bond motifs is 1. The minimum Gasteiger partial charge on any atom is -0.358 e. The monoisotopic (exact) mass is 233 g/mol. The Hall–Kier alpha value is -1.54. The average Bonchev–Trinajstić information content (AvgIpc) is 2.24. The van der Waals surface area contributed by atoms with E-state index in [0.29, 0.717) is 22.4 Å². The summed E-state index contributed by atoms with van der Waals surface area (Å²) in [6.45, 7) is 5.50. The number of benzene rings is 1. The molecule has 0 spiro atoms. The molecule has 1 heterocycles. The van der Waals surface area contributed by atoms with Crippen LogP contribution in [0.1, 0.15) is 11.3 Å². The predicted molar refractivity (Wildman–Crippen MR) is 68.0 cm³/mol. The number of aromatic nitrogens is 1. The Morgan fingerprint density at radius 1 is 1.44 bits per heavy atom. The molecule has 0 aliphatic rings. The molecule has 0 unspecified atom stereocenters. The van der Waals surface area contributed by atoms with Gasteiger partial charge in [-0.1, -0.05) is 30.3 Å². The van der Waals surface area contributed by atoms with Gasteiger partial charge in [-0.15, -0.1) is 0 Å². The Morgan fingerprint density at radius 2 is 2.12 bits per heavy atom. The number of H-pyrrole nitrogens is 1. The van der Waals surface area contributed by atoms with Gasteiger partial charge in [0.25, 0.3) is 0 Å². The maximum Gasteiger partial charge on any atom is 0.193 e. The molecule has 2 aromatic rings. The molecule has 2 rings (SSSR count). The zero-order chi connectivity index (χ0) is 11.7. The van der Waals surface area contributed by atoms with Gasteiger partial charge in [0.05, 0.1) is 0 Å². The zero-order valence-electron chi connectivity index (χ0n) is 9.01. The Kier molecular flexibility index (Phi) is 2.84. The molecular weight excluding hydrogens is 222 g/mol. The number of aromatic amines is 1. The van der Waals surface area contributed by atoms with Gasteiger partial charge in [-0.25, -0.2) is 0 Å². The fourth-order valence-electron chi connectivity index (χ4n) is 1.81. The molecule has 0 amide bonds. The summed E-state index contributed by atoms with van der Waals surface area (Å²) < 4.78 is 0. The SMILES string of the molecule is C=C(Cl)Cc1c(C)[nH]c2ccccc2c1=O. The van der Waals surface area contributed by atoms with Crippen molar-refractivity contribution in [2.75, 3.05) is 0 Å². The number of allylic oxidation sites excluding steroid dienone is 1. The maximum absolute atomic E-state index is 12.2. The second kappa shape index (κ2) is 4.14. The van der Waals surface area contributed by atoms with Crippen LogP contribution in [0.15, 0.2) is 40.7 Å². The fraction of sp³-hybridized carbons (Fsp3) is 0.154. The molecule has 16 heavy (non-hydrogen) atoms. The Labute approximate surface area is 98.6 Å². The summed E-state index contributed by atoms with van der Waals surface area (Å²) in [5.74, 6) is 0. The van der Waals surface area contributed by atoms with Gasteiger partial charge in [0.2, 0.25) is 0 Å². The number of pyridine rings is 1. The number of hydrogen-bond acceptors (Lipinski definition) is 1. The van der Waals surface area contributed by atoms with Crippen molar-refractivity contribution >= 4 is 22.5 Å². The van der Waals surface area contributed by atoms with E-state index in [1.54, 1.807) is 0 Å². The van der Waals surface area contributed by atoms with Gasteiger partial charge in [-0.2, -0.15) is 0 Å². The van der Waals surface area contributed by atoms with Crippen LogP contribution in [-0.2, 0) is 6.42 Å². The normalized spacial score (nSPS) is 10.6. The summed E-state index contributed by atoms with van der Waals surface area (Å²) in [6.07, 6.45) is 0.410. The van der Waals surface area contributed by atoms with Crippen molar-refractivity contribution in [3.05, 3.63) is 57.4 Å². The van der Waals surface area contributed by atoms with Crippen LogP contribution in [-0.4, -0.2) is 4.98 Å². The minimum atomic E-state index is 0.0358.